The van der Waals surface area contributed by atoms with E-state index in [1.54, 1.807) is 18.3 Å². The zero-order chi connectivity index (χ0) is 27.9. The fraction of sp³-hybridized carbons (Fsp3) is 0.129. The molecule has 0 saturated heterocycles. The molecule has 3 heterocycles. The van der Waals surface area contributed by atoms with Crippen LogP contribution < -0.4 is 9.46 Å². The third kappa shape index (κ3) is 4.70. The summed E-state index contributed by atoms with van der Waals surface area (Å²) < 4.78 is 34.5. The second-order valence-corrected chi connectivity index (χ2v) is 11.3. The molecule has 6 rings (SSSR count). The van der Waals surface area contributed by atoms with E-state index in [-0.39, 0.29) is 0 Å². The summed E-state index contributed by atoms with van der Waals surface area (Å²) in [7, 11) is -3.43. The van der Waals surface area contributed by atoms with Crippen molar-refractivity contribution in [2.45, 2.75) is 20.0 Å². The molecule has 0 amide bonds. The molecule has 3 aromatic carbocycles. The maximum absolute atomic E-state index is 11.9. The molecular weight excluding hydrogens is 522 g/mol. The largest absolute Gasteiger partial charge is 0.472 e. The lowest BCUT2D eigenvalue weighted by atomic mass is 9.86. The van der Waals surface area contributed by atoms with Crippen molar-refractivity contribution in [3.8, 4) is 17.6 Å². The van der Waals surface area contributed by atoms with E-state index in [4.69, 9.17) is 4.74 Å². The van der Waals surface area contributed by atoms with Crippen molar-refractivity contribution in [2.75, 3.05) is 11.0 Å². The average molecular weight is 548 g/mol. The molecule has 0 bridgehead atoms. The van der Waals surface area contributed by atoms with Crippen LogP contribution in [0.3, 0.4) is 0 Å². The highest BCUT2D eigenvalue weighted by Crippen LogP contribution is 2.43. The highest BCUT2D eigenvalue weighted by molar-refractivity contribution is 7.92. The van der Waals surface area contributed by atoms with Crippen LogP contribution in [0, 0.1) is 11.3 Å². The number of allylic oxidation sites excluding steroid dienone is 1. The van der Waals surface area contributed by atoms with Gasteiger partial charge in [0.05, 0.1) is 35.3 Å². The Bertz CT molecular complexity index is 1970. The van der Waals surface area contributed by atoms with E-state index in [0.717, 1.165) is 56.2 Å². The van der Waals surface area contributed by atoms with E-state index in [1.807, 2.05) is 59.4 Å². The number of pyridine rings is 1. The van der Waals surface area contributed by atoms with Gasteiger partial charge in [0.15, 0.2) is 0 Å². The molecule has 9 heteroatoms. The molecular formula is C31H25N5O3S. The summed E-state index contributed by atoms with van der Waals surface area (Å²) >= 11 is 0. The Morgan fingerprint density at radius 2 is 1.93 bits per heavy atom. The number of benzene rings is 3. The Morgan fingerprint density at radius 1 is 1.07 bits per heavy atom. The summed E-state index contributed by atoms with van der Waals surface area (Å²) in [6.45, 7) is 2.40. The molecule has 0 atom stereocenters. The maximum atomic E-state index is 11.9. The summed E-state index contributed by atoms with van der Waals surface area (Å²) in [6, 6.07) is 25.1. The molecule has 0 radical (unpaired) electrons. The highest BCUT2D eigenvalue weighted by atomic mass is 32.2. The minimum Gasteiger partial charge on any atom is -0.472 e. The number of ether oxygens (including phenoxy) is 1. The molecule has 0 aliphatic carbocycles. The Morgan fingerprint density at radius 3 is 2.73 bits per heavy atom. The Balaban J connectivity index is 1.60. The third-order valence-electron chi connectivity index (χ3n) is 6.86. The normalized spacial score (nSPS) is 13.9. The maximum Gasteiger partial charge on any atom is 0.229 e. The zero-order valence-electron chi connectivity index (χ0n) is 21.9. The number of anilines is 1. The van der Waals surface area contributed by atoms with Gasteiger partial charge in [-0.25, -0.2) is 18.1 Å². The molecule has 0 saturated carbocycles. The van der Waals surface area contributed by atoms with Gasteiger partial charge in [-0.3, -0.25) is 4.72 Å². The molecule has 198 valence electrons. The van der Waals surface area contributed by atoms with Gasteiger partial charge < -0.3 is 4.74 Å². The lowest BCUT2D eigenvalue weighted by molar-refractivity contribution is 0.295. The molecule has 0 fully saturated rings. The van der Waals surface area contributed by atoms with E-state index in [9.17, 15) is 13.7 Å². The number of nitrogens with zero attached hydrogens (tertiary/aromatic N) is 4. The summed E-state index contributed by atoms with van der Waals surface area (Å²) in [5, 5.41) is 15.0. The third-order valence-corrected chi connectivity index (χ3v) is 7.46. The minimum atomic E-state index is -3.43. The van der Waals surface area contributed by atoms with Crippen LogP contribution in [0.5, 0.6) is 5.88 Å². The summed E-state index contributed by atoms with van der Waals surface area (Å²) in [4.78, 5) is 4.53. The molecule has 1 aliphatic heterocycles. The highest BCUT2D eigenvalue weighted by Gasteiger charge is 2.25. The topological polar surface area (TPSA) is 110 Å². The summed E-state index contributed by atoms with van der Waals surface area (Å²) in [6.07, 6.45) is 5.36. The molecule has 2 aromatic heterocycles. The van der Waals surface area contributed by atoms with E-state index < -0.39 is 10.0 Å². The second-order valence-electron chi connectivity index (χ2n) is 9.59. The lowest BCUT2D eigenvalue weighted by Gasteiger charge is -2.18. The number of aromatic nitrogens is 3. The molecule has 1 aliphatic rings. The molecule has 40 heavy (non-hydrogen) atoms. The van der Waals surface area contributed by atoms with Gasteiger partial charge in [0.25, 0.3) is 0 Å². The van der Waals surface area contributed by atoms with Gasteiger partial charge in [0.1, 0.15) is 6.61 Å². The first-order valence-electron chi connectivity index (χ1n) is 12.8. The van der Waals surface area contributed by atoms with Crippen LogP contribution in [0.2, 0.25) is 0 Å². The first kappa shape index (κ1) is 25.3. The molecule has 5 aromatic rings. The van der Waals surface area contributed by atoms with E-state index in [1.165, 1.54) is 0 Å². The molecule has 1 N–H and O–H groups in total. The van der Waals surface area contributed by atoms with Crippen molar-refractivity contribution in [3.05, 3.63) is 113 Å². The van der Waals surface area contributed by atoms with Crippen LogP contribution >= 0.6 is 0 Å². The number of nitriles is 1. The zero-order valence-corrected chi connectivity index (χ0v) is 22.7. The number of hydrogen-bond donors (Lipinski definition) is 1. The van der Waals surface area contributed by atoms with Crippen molar-refractivity contribution < 1.29 is 13.2 Å². The van der Waals surface area contributed by atoms with Crippen molar-refractivity contribution in [1.29, 1.82) is 5.26 Å². The lowest BCUT2D eigenvalue weighted by Crippen LogP contribution is -2.09. The van der Waals surface area contributed by atoms with Crippen LogP contribution in [0.25, 0.3) is 27.7 Å². The van der Waals surface area contributed by atoms with Crippen molar-refractivity contribution in [1.82, 2.24) is 14.8 Å². The Labute approximate surface area is 232 Å². The molecule has 8 nitrogen and oxygen atoms in total. The van der Waals surface area contributed by atoms with E-state index in [2.05, 4.69) is 39.9 Å². The number of rotatable bonds is 5. The smallest absolute Gasteiger partial charge is 0.229 e. The Hall–Kier alpha value is -4.94. The first-order valence-corrected chi connectivity index (χ1v) is 14.6. The van der Waals surface area contributed by atoms with Crippen LogP contribution in [0.4, 0.5) is 5.69 Å². The Kier molecular flexibility index (Phi) is 6.33. The number of sulfonamides is 1. The predicted molar refractivity (Wildman–Crippen MR) is 155 cm³/mol. The van der Waals surface area contributed by atoms with Gasteiger partial charge in [-0.2, -0.15) is 10.4 Å². The average Bonchev–Trinajstić information content (AvgIpc) is 3.29. The van der Waals surface area contributed by atoms with Crippen LogP contribution in [0.1, 0.15) is 41.2 Å². The van der Waals surface area contributed by atoms with Gasteiger partial charge >= 0.3 is 0 Å². The van der Waals surface area contributed by atoms with Gasteiger partial charge in [-0.1, -0.05) is 25.1 Å². The van der Waals surface area contributed by atoms with Gasteiger partial charge in [0.2, 0.25) is 15.9 Å². The van der Waals surface area contributed by atoms with Crippen LogP contribution in [-0.4, -0.2) is 29.4 Å². The van der Waals surface area contributed by atoms with Gasteiger partial charge in [-0.15, -0.1) is 0 Å². The molecule has 0 spiro atoms. The van der Waals surface area contributed by atoms with Gasteiger partial charge in [-0.05, 0) is 88.9 Å². The van der Waals surface area contributed by atoms with Gasteiger partial charge in [0, 0.05) is 22.8 Å². The van der Waals surface area contributed by atoms with E-state index >= 15 is 0 Å². The minimum absolute atomic E-state index is 0.314. The predicted octanol–water partition coefficient (Wildman–Crippen LogP) is 5.93. The standard InChI is InChI=1S/C31H25N5O3S/c1-3-26(21-8-5-9-24(14-21)35-40(2,37)38)30-27-11-6-12-33-31(27)39-19-23-16-29-22(15-28(23)30)18-34-36(29)25-10-4-7-20(13-25)17-32/h4-16,18,35H,3,19H2,1-2H3/b30-26+. The number of fused-ring (bicyclic) bond motifs is 3. The summed E-state index contributed by atoms with van der Waals surface area (Å²) in [5.74, 6) is 0.539. The fourth-order valence-corrected chi connectivity index (χ4v) is 5.76. The number of hydrogen-bond acceptors (Lipinski definition) is 6. The van der Waals surface area contributed by atoms with Crippen molar-refractivity contribution in [2.24, 2.45) is 0 Å². The first-order chi connectivity index (χ1) is 19.3. The monoisotopic (exact) mass is 547 g/mol. The van der Waals surface area contributed by atoms with Crippen molar-refractivity contribution in [3.63, 3.8) is 0 Å². The van der Waals surface area contributed by atoms with Crippen LogP contribution in [-0.2, 0) is 16.6 Å². The number of nitrogens with one attached hydrogen (secondary N) is 1. The fourth-order valence-electron chi connectivity index (χ4n) is 5.20. The summed E-state index contributed by atoms with van der Waals surface area (Å²) in [5.41, 5.74) is 8.51. The quantitative estimate of drug-likeness (QED) is 0.292. The van der Waals surface area contributed by atoms with Crippen molar-refractivity contribution >= 4 is 37.8 Å². The van der Waals surface area contributed by atoms with E-state index in [0.29, 0.717) is 30.2 Å². The van der Waals surface area contributed by atoms with Crippen LogP contribution in [0.15, 0.2) is 85.2 Å². The SMILES string of the molecule is CC/C(=C1\c2cc3cnn(-c4cccc(C#N)c4)c3cc2COc2ncccc21)c1cccc(NS(C)(=O)=O)c1. The molecule has 0 unspecified atom stereocenters. The second kappa shape index (κ2) is 9.98.